The average Bonchev–Trinajstić information content (AvgIpc) is 2.82. The third kappa shape index (κ3) is 2.31. The Kier molecular flexibility index (Phi) is 3.26. The summed E-state index contributed by atoms with van der Waals surface area (Å²) in [5, 5.41) is 6.60. The highest BCUT2D eigenvalue weighted by Gasteiger charge is 2.25. The summed E-state index contributed by atoms with van der Waals surface area (Å²) in [4.78, 5) is 12.1. The number of aryl methyl sites for hydroxylation is 1. The van der Waals surface area contributed by atoms with Crippen molar-refractivity contribution in [2.45, 2.75) is 26.2 Å². The van der Waals surface area contributed by atoms with Crippen molar-refractivity contribution in [2.24, 2.45) is 5.92 Å². The third-order valence-corrected chi connectivity index (χ3v) is 3.64. The van der Waals surface area contributed by atoms with Crippen molar-refractivity contribution in [1.82, 2.24) is 5.16 Å². The molecule has 3 rings (SSSR count). The quantitative estimate of drug-likeness (QED) is 0.915. The van der Waals surface area contributed by atoms with E-state index in [0.29, 0.717) is 11.8 Å². The summed E-state index contributed by atoms with van der Waals surface area (Å²) in [6.07, 6.45) is 2.75. The number of aromatic nitrogens is 1. The van der Waals surface area contributed by atoms with Gasteiger partial charge in [-0.15, -0.1) is 0 Å². The molecule has 20 heavy (non-hydrogen) atoms. The summed E-state index contributed by atoms with van der Waals surface area (Å²) in [6.45, 7) is 2.15. The lowest BCUT2D eigenvalue weighted by atomic mass is 9.89. The van der Waals surface area contributed by atoms with E-state index in [0.717, 1.165) is 30.5 Å². The normalized spacial score (nSPS) is 17.6. The van der Waals surface area contributed by atoms with Crippen LogP contribution in [0.15, 0.2) is 28.8 Å². The van der Waals surface area contributed by atoms with Crippen LogP contribution in [0.5, 0.6) is 0 Å². The monoisotopic (exact) mass is 274 g/mol. The molecule has 1 aliphatic rings. The zero-order valence-corrected chi connectivity index (χ0v) is 11.1. The van der Waals surface area contributed by atoms with Gasteiger partial charge in [0, 0.05) is 5.56 Å². The van der Waals surface area contributed by atoms with Crippen molar-refractivity contribution in [3.05, 3.63) is 46.9 Å². The highest BCUT2D eigenvalue weighted by Crippen LogP contribution is 2.30. The Labute approximate surface area is 116 Å². The highest BCUT2D eigenvalue weighted by atomic mass is 19.1. The maximum atomic E-state index is 13.6. The lowest BCUT2D eigenvalue weighted by Gasteiger charge is -2.16. The van der Waals surface area contributed by atoms with Gasteiger partial charge in [0.05, 0.1) is 11.3 Å². The van der Waals surface area contributed by atoms with Crippen molar-refractivity contribution in [3.63, 3.8) is 0 Å². The zero-order valence-electron chi connectivity index (χ0n) is 11.1. The van der Waals surface area contributed by atoms with Crippen LogP contribution < -0.4 is 5.32 Å². The minimum absolute atomic E-state index is 0.00140. The molecule has 5 heteroatoms. The van der Waals surface area contributed by atoms with E-state index in [1.807, 2.05) is 0 Å². The first-order chi connectivity index (χ1) is 9.65. The lowest BCUT2D eigenvalue weighted by Crippen LogP contribution is -2.16. The number of nitrogens with zero attached hydrogens (tertiary/aromatic N) is 1. The summed E-state index contributed by atoms with van der Waals surface area (Å²) in [5.41, 5.74) is 1.84. The number of halogens is 1. The first kappa shape index (κ1) is 12.8. The van der Waals surface area contributed by atoms with Gasteiger partial charge < -0.3 is 4.52 Å². The van der Waals surface area contributed by atoms with Crippen molar-refractivity contribution in [3.8, 4) is 0 Å². The third-order valence-electron chi connectivity index (χ3n) is 3.64. The second kappa shape index (κ2) is 5.07. The fourth-order valence-corrected chi connectivity index (χ4v) is 2.50. The molecule has 0 saturated heterocycles. The molecule has 4 nitrogen and oxygen atoms in total. The standard InChI is InChI=1S/C15H15FN2O2/c1-9-6-7-13-11(8-9)15(20-18-13)17-14(19)10-4-2-3-5-12(10)16/h2-5,9H,6-8H2,1H3,(H,17,19)/t9-/m1/s1. The van der Waals surface area contributed by atoms with Crippen molar-refractivity contribution in [1.29, 1.82) is 0 Å². The molecular formula is C15H15FN2O2. The van der Waals surface area contributed by atoms with Crippen molar-refractivity contribution < 1.29 is 13.7 Å². The van der Waals surface area contributed by atoms with Crippen molar-refractivity contribution >= 4 is 11.8 Å². The topological polar surface area (TPSA) is 55.1 Å². The summed E-state index contributed by atoms with van der Waals surface area (Å²) < 4.78 is 18.8. The molecule has 1 N–H and O–H groups in total. The van der Waals surface area contributed by atoms with Gasteiger partial charge in [0.15, 0.2) is 0 Å². The number of amides is 1. The number of benzene rings is 1. The van der Waals surface area contributed by atoms with Crippen LogP contribution in [0, 0.1) is 11.7 Å². The predicted octanol–water partition coefficient (Wildman–Crippen LogP) is 3.19. The predicted molar refractivity (Wildman–Crippen MR) is 72.0 cm³/mol. The molecule has 0 spiro atoms. The number of hydrogen-bond donors (Lipinski definition) is 1. The summed E-state index contributed by atoms with van der Waals surface area (Å²) in [5.74, 6) is -0.183. The smallest absolute Gasteiger partial charge is 0.261 e. The second-order valence-electron chi connectivity index (χ2n) is 5.22. The number of anilines is 1. The fourth-order valence-electron chi connectivity index (χ4n) is 2.50. The molecule has 1 heterocycles. The molecule has 0 aliphatic heterocycles. The largest absolute Gasteiger partial charge is 0.338 e. The van der Waals surface area contributed by atoms with E-state index < -0.39 is 11.7 Å². The van der Waals surface area contributed by atoms with Gasteiger partial charge in [-0.3, -0.25) is 10.1 Å². The van der Waals surface area contributed by atoms with Gasteiger partial charge >= 0.3 is 0 Å². The summed E-state index contributed by atoms with van der Waals surface area (Å²) >= 11 is 0. The minimum Gasteiger partial charge on any atom is -0.338 e. The number of carbonyl (C=O) groups excluding carboxylic acids is 1. The molecule has 1 atom stereocenters. The van der Waals surface area contributed by atoms with Gasteiger partial charge in [0.1, 0.15) is 5.82 Å². The molecule has 2 aromatic rings. The van der Waals surface area contributed by atoms with Crippen LogP contribution in [-0.4, -0.2) is 11.1 Å². The van der Waals surface area contributed by atoms with E-state index in [1.54, 1.807) is 12.1 Å². The molecule has 1 aromatic carbocycles. The van der Waals surface area contributed by atoms with Crippen LogP contribution in [0.2, 0.25) is 0 Å². The zero-order chi connectivity index (χ0) is 14.1. The maximum Gasteiger partial charge on any atom is 0.261 e. The van der Waals surface area contributed by atoms with Gasteiger partial charge in [0.2, 0.25) is 5.88 Å². The molecule has 1 aromatic heterocycles. The van der Waals surface area contributed by atoms with Crippen LogP contribution in [-0.2, 0) is 12.8 Å². The second-order valence-corrected chi connectivity index (χ2v) is 5.22. The number of fused-ring (bicyclic) bond motifs is 1. The van der Waals surface area contributed by atoms with Crippen LogP contribution in [0.1, 0.15) is 35.0 Å². The average molecular weight is 274 g/mol. The Morgan fingerprint density at radius 2 is 2.25 bits per heavy atom. The molecule has 0 radical (unpaired) electrons. The van der Waals surface area contributed by atoms with Crippen molar-refractivity contribution in [2.75, 3.05) is 5.32 Å². The van der Waals surface area contributed by atoms with E-state index in [9.17, 15) is 9.18 Å². The van der Waals surface area contributed by atoms with E-state index in [2.05, 4.69) is 17.4 Å². The van der Waals surface area contributed by atoms with Gasteiger partial charge in [-0.2, -0.15) is 0 Å². The van der Waals surface area contributed by atoms with E-state index in [-0.39, 0.29) is 5.56 Å². The van der Waals surface area contributed by atoms with Gasteiger partial charge in [-0.1, -0.05) is 24.2 Å². The number of nitrogens with one attached hydrogen (secondary N) is 1. The first-order valence-corrected chi connectivity index (χ1v) is 6.68. The lowest BCUT2D eigenvalue weighted by molar-refractivity contribution is 0.102. The Morgan fingerprint density at radius 3 is 3.05 bits per heavy atom. The molecule has 0 fully saturated rings. The van der Waals surface area contributed by atoms with Crippen LogP contribution >= 0.6 is 0 Å². The van der Waals surface area contributed by atoms with E-state index in [4.69, 9.17) is 4.52 Å². The Bertz CT molecular complexity index is 651. The molecule has 1 amide bonds. The summed E-state index contributed by atoms with van der Waals surface area (Å²) in [6, 6.07) is 5.86. The summed E-state index contributed by atoms with van der Waals surface area (Å²) in [7, 11) is 0. The fraction of sp³-hybridized carbons (Fsp3) is 0.333. The molecule has 1 aliphatic carbocycles. The van der Waals surface area contributed by atoms with Crippen LogP contribution in [0.3, 0.4) is 0 Å². The van der Waals surface area contributed by atoms with E-state index >= 15 is 0 Å². The van der Waals surface area contributed by atoms with Gasteiger partial charge in [0.25, 0.3) is 5.91 Å². The number of hydrogen-bond acceptors (Lipinski definition) is 3. The Morgan fingerprint density at radius 1 is 1.45 bits per heavy atom. The van der Waals surface area contributed by atoms with Crippen LogP contribution in [0.25, 0.3) is 0 Å². The van der Waals surface area contributed by atoms with Gasteiger partial charge in [-0.05, 0) is 37.3 Å². The highest BCUT2D eigenvalue weighted by molar-refractivity contribution is 6.04. The maximum absolute atomic E-state index is 13.6. The van der Waals surface area contributed by atoms with Gasteiger partial charge in [-0.25, -0.2) is 4.39 Å². The molecular weight excluding hydrogens is 259 g/mol. The number of carbonyl (C=O) groups is 1. The molecule has 104 valence electrons. The first-order valence-electron chi connectivity index (χ1n) is 6.68. The molecule has 0 unspecified atom stereocenters. The molecule has 0 saturated carbocycles. The Balaban J connectivity index is 1.84. The van der Waals surface area contributed by atoms with Crippen LogP contribution in [0.4, 0.5) is 10.3 Å². The molecule has 0 bridgehead atoms. The number of rotatable bonds is 2. The minimum atomic E-state index is -0.549. The Hall–Kier alpha value is -2.17. The SMILES string of the molecule is C[C@@H]1CCc2noc(NC(=O)c3ccccc3F)c2C1. The van der Waals surface area contributed by atoms with E-state index in [1.165, 1.54) is 12.1 Å².